The molecule has 5 nitrogen and oxygen atoms in total. The smallest absolute Gasteiger partial charge is 0.339 e. The number of ether oxygens (including phenoxy) is 1. The lowest BCUT2D eigenvalue weighted by Gasteiger charge is -2.32. The van der Waals surface area contributed by atoms with E-state index in [1.165, 1.54) is 18.9 Å². The summed E-state index contributed by atoms with van der Waals surface area (Å²) in [5, 5.41) is 9.13. The molecule has 1 aromatic rings. The Balaban J connectivity index is 2.04. The van der Waals surface area contributed by atoms with Gasteiger partial charge in [-0.3, -0.25) is 0 Å². The number of aromatic carboxylic acids is 1. The maximum atomic E-state index is 11.1. The zero-order valence-corrected chi connectivity index (χ0v) is 11.1. The lowest BCUT2D eigenvalue weighted by atomic mass is 10.0. The quantitative estimate of drug-likeness (QED) is 0.811. The van der Waals surface area contributed by atoms with E-state index in [0.29, 0.717) is 24.1 Å². The first-order valence-electron chi connectivity index (χ1n) is 6.54. The van der Waals surface area contributed by atoms with Gasteiger partial charge in [-0.05, 0) is 44.6 Å². The van der Waals surface area contributed by atoms with Crippen LogP contribution in [0.1, 0.15) is 29.6 Å². The van der Waals surface area contributed by atoms with Crippen molar-refractivity contribution in [3.8, 4) is 5.75 Å². The number of carboxylic acid groups (broad SMARTS) is 1. The molecule has 0 amide bonds. The third-order valence-corrected chi connectivity index (χ3v) is 3.59. The van der Waals surface area contributed by atoms with Crippen LogP contribution in [0.25, 0.3) is 0 Å². The molecule has 0 aromatic heterocycles. The molecule has 3 N–H and O–H groups in total. The molecule has 1 unspecified atom stereocenters. The van der Waals surface area contributed by atoms with Gasteiger partial charge in [0.1, 0.15) is 17.9 Å². The van der Waals surface area contributed by atoms with Crippen molar-refractivity contribution in [2.45, 2.75) is 25.3 Å². The first kappa shape index (κ1) is 13.7. The number of hydrogen-bond donors (Lipinski definition) is 2. The number of nitrogens with two attached hydrogens (primary N) is 1. The second-order valence-electron chi connectivity index (χ2n) is 5.00. The highest BCUT2D eigenvalue weighted by molar-refractivity contribution is 5.92. The van der Waals surface area contributed by atoms with Gasteiger partial charge < -0.3 is 20.5 Å². The van der Waals surface area contributed by atoms with Crippen molar-refractivity contribution in [1.82, 2.24) is 4.90 Å². The topological polar surface area (TPSA) is 75.8 Å². The molecule has 1 heterocycles. The molecule has 2 rings (SSSR count). The van der Waals surface area contributed by atoms with Gasteiger partial charge in [-0.2, -0.15) is 0 Å². The van der Waals surface area contributed by atoms with Gasteiger partial charge in [0.15, 0.2) is 0 Å². The van der Waals surface area contributed by atoms with Gasteiger partial charge in [-0.15, -0.1) is 0 Å². The number of likely N-dealkylation sites (tertiary alicyclic amines) is 1. The van der Waals surface area contributed by atoms with Gasteiger partial charge in [0, 0.05) is 11.7 Å². The molecule has 0 bridgehead atoms. The van der Waals surface area contributed by atoms with E-state index >= 15 is 0 Å². The molecule has 1 saturated heterocycles. The molecular formula is C14H20N2O3. The maximum Gasteiger partial charge on any atom is 0.339 e. The molecule has 1 aromatic carbocycles. The van der Waals surface area contributed by atoms with E-state index in [1.807, 2.05) is 0 Å². The molecule has 0 saturated carbocycles. The Morgan fingerprint density at radius 2 is 2.32 bits per heavy atom. The highest BCUT2D eigenvalue weighted by Gasteiger charge is 2.20. The van der Waals surface area contributed by atoms with E-state index in [4.69, 9.17) is 15.6 Å². The van der Waals surface area contributed by atoms with E-state index in [1.54, 1.807) is 12.1 Å². The largest absolute Gasteiger partial charge is 0.491 e. The van der Waals surface area contributed by atoms with Crippen LogP contribution in [-0.4, -0.2) is 42.2 Å². The highest BCUT2D eigenvalue weighted by atomic mass is 16.5. The number of nitrogen functional groups attached to an aromatic ring is 1. The third kappa shape index (κ3) is 3.38. The minimum atomic E-state index is -1.01. The monoisotopic (exact) mass is 264 g/mol. The van der Waals surface area contributed by atoms with Crippen LogP contribution in [0.4, 0.5) is 5.69 Å². The first-order valence-corrected chi connectivity index (χ1v) is 6.54. The number of benzene rings is 1. The zero-order chi connectivity index (χ0) is 13.8. The van der Waals surface area contributed by atoms with Crippen LogP contribution in [-0.2, 0) is 0 Å². The molecule has 0 radical (unpaired) electrons. The van der Waals surface area contributed by atoms with E-state index in [-0.39, 0.29) is 5.56 Å². The van der Waals surface area contributed by atoms with Crippen LogP contribution in [0.15, 0.2) is 18.2 Å². The summed E-state index contributed by atoms with van der Waals surface area (Å²) in [5.74, 6) is -0.625. The minimum absolute atomic E-state index is 0.124. The number of rotatable bonds is 4. The Morgan fingerprint density at radius 3 is 3.00 bits per heavy atom. The van der Waals surface area contributed by atoms with Crippen LogP contribution in [0.5, 0.6) is 5.75 Å². The molecule has 104 valence electrons. The summed E-state index contributed by atoms with van der Waals surface area (Å²) in [4.78, 5) is 13.4. The molecule has 0 aliphatic carbocycles. The Hall–Kier alpha value is -1.75. The van der Waals surface area contributed by atoms with Gasteiger partial charge in [0.2, 0.25) is 0 Å². The molecule has 1 fully saturated rings. The number of carboxylic acids is 1. The van der Waals surface area contributed by atoms with E-state index in [0.717, 1.165) is 13.0 Å². The molecule has 1 atom stereocenters. The second kappa shape index (κ2) is 5.93. The second-order valence-corrected chi connectivity index (χ2v) is 5.00. The van der Waals surface area contributed by atoms with Gasteiger partial charge in [-0.1, -0.05) is 6.42 Å². The van der Waals surface area contributed by atoms with E-state index in [9.17, 15) is 4.79 Å². The molecule has 19 heavy (non-hydrogen) atoms. The summed E-state index contributed by atoms with van der Waals surface area (Å²) >= 11 is 0. The Labute approximate surface area is 113 Å². The molecule has 1 aliphatic rings. The molecular weight excluding hydrogens is 244 g/mol. The van der Waals surface area contributed by atoms with Gasteiger partial charge in [0.05, 0.1) is 0 Å². The minimum Gasteiger partial charge on any atom is -0.491 e. The van der Waals surface area contributed by atoms with Crippen molar-refractivity contribution in [1.29, 1.82) is 0 Å². The summed E-state index contributed by atoms with van der Waals surface area (Å²) in [6, 6.07) is 5.07. The van der Waals surface area contributed by atoms with Crippen molar-refractivity contribution in [2.75, 3.05) is 25.9 Å². The van der Waals surface area contributed by atoms with Crippen LogP contribution in [0, 0.1) is 0 Å². The van der Waals surface area contributed by atoms with Gasteiger partial charge >= 0.3 is 5.97 Å². The molecule has 1 aliphatic heterocycles. The predicted octanol–water partition coefficient (Wildman–Crippen LogP) is 1.83. The Morgan fingerprint density at radius 1 is 1.53 bits per heavy atom. The summed E-state index contributed by atoms with van der Waals surface area (Å²) < 4.78 is 5.69. The number of likely N-dealkylation sites (N-methyl/N-ethyl adjacent to an activating group) is 1. The number of piperidine rings is 1. The normalized spacial score (nSPS) is 20.2. The van der Waals surface area contributed by atoms with Gasteiger partial charge in [-0.25, -0.2) is 4.79 Å². The fourth-order valence-electron chi connectivity index (χ4n) is 2.38. The van der Waals surface area contributed by atoms with E-state index in [2.05, 4.69) is 11.9 Å². The third-order valence-electron chi connectivity index (χ3n) is 3.59. The van der Waals surface area contributed by atoms with Gasteiger partial charge in [0.25, 0.3) is 0 Å². The standard InChI is InChI=1S/C14H20N2O3/c1-16-7-3-2-4-11(16)9-19-13-6-5-10(15)8-12(13)14(17)18/h5-6,8,11H,2-4,7,9,15H2,1H3,(H,17,18). The number of anilines is 1. The fourth-order valence-corrected chi connectivity index (χ4v) is 2.38. The Kier molecular flexibility index (Phi) is 4.27. The number of carbonyl (C=O) groups is 1. The Bertz CT molecular complexity index is 462. The average molecular weight is 264 g/mol. The number of hydrogen-bond acceptors (Lipinski definition) is 4. The summed E-state index contributed by atoms with van der Waals surface area (Å²) in [5.41, 5.74) is 6.15. The predicted molar refractivity (Wildman–Crippen MR) is 73.6 cm³/mol. The van der Waals surface area contributed by atoms with Crippen LogP contribution in [0.3, 0.4) is 0 Å². The van der Waals surface area contributed by atoms with E-state index < -0.39 is 5.97 Å². The summed E-state index contributed by atoms with van der Waals surface area (Å²) in [6.07, 6.45) is 3.51. The lowest BCUT2D eigenvalue weighted by Crippen LogP contribution is -2.40. The highest BCUT2D eigenvalue weighted by Crippen LogP contribution is 2.23. The fraction of sp³-hybridized carbons (Fsp3) is 0.500. The van der Waals surface area contributed by atoms with Crippen molar-refractivity contribution in [2.24, 2.45) is 0 Å². The molecule has 0 spiro atoms. The average Bonchev–Trinajstić information content (AvgIpc) is 2.38. The van der Waals surface area contributed by atoms with Crippen molar-refractivity contribution < 1.29 is 14.6 Å². The van der Waals surface area contributed by atoms with Crippen LogP contribution < -0.4 is 10.5 Å². The molecule has 5 heteroatoms. The number of nitrogens with zero attached hydrogens (tertiary/aromatic N) is 1. The zero-order valence-electron chi connectivity index (χ0n) is 11.1. The van der Waals surface area contributed by atoms with Crippen molar-refractivity contribution >= 4 is 11.7 Å². The van der Waals surface area contributed by atoms with Crippen LogP contribution >= 0.6 is 0 Å². The summed E-state index contributed by atoms with van der Waals surface area (Å²) in [6.45, 7) is 1.59. The lowest BCUT2D eigenvalue weighted by molar-refractivity contribution is 0.0688. The maximum absolute atomic E-state index is 11.1. The van der Waals surface area contributed by atoms with Crippen molar-refractivity contribution in [3.63, 3.8) is 0 Å². The first-order chi connectivity index (χ1) is 9.08. The SMILES string of the molecule is CN1CCCCC1COc1ccc(N)cc1C(=O)O. The summed E-state index contributed by atoms with van der Waals surface area (Å²) in [7, 11) is 2.08. The van der Waals surface area contributed by atoms with Crippen LogP contribution in [0.2, 0.25) is 0 Å². The van der Waals surface area contributed by atoms with Crippen molar-refractivity contribution in [3.05, 3.63) is 23.8 Å².